The van der Waals surface area contributed by atoms with Crippen molar-refractivity contribution in [1.29, 1.82) is 0 Å². The molecule has 0 spiro atoms. The van der Waals surface area contributed by atoms with E-state index in [9.17, 15) is 14.4 Å². The van der Waals surface area contributed by atoms with Gasteiger partial charge in [0.1, 0.15) is 11.5 Å². The summed E-state index contributed by atoms with van der Waals surface area (Å²) in [6, 6.07) is 11.9. The summed E-state index contributed by atoms with van der Waals surface area (Å²) in [5.74, 6) is 0.622. The third-order valence-electron chi connectivity index (χ3n) is 4.26. The van der Waals surface area contributed by atoms with E-state index in [1.54, 1.807) is 49.4 Å². The molecule has 0 bridgehead atoms. The van der Waals surface area contributed by atoms with Crippen molar-refractivity contribution in [2.75, 3.05) is 17.2 Å². The number of amides is 2. The molecule has 2 amide bonds. The number of hydrogen-bond acceptors (Lipinski definition) is 5. The Balaban J connectivity index is 1.53. The zero-order valence-corrected chi connectivity index (χ0v) is 15.8. The molecule has 0 aliphatic carbocycles. The standard InChI is InChI=1S/C21H22N2O5/c1-3-27-16-7-4-14(5-8-16)18(24)9-11-20(25)22-15-6-10-19-17(12-15)23-21(26)13(2)28-19/h4-8,10,12-13H,3,9,11H2,1-2H3,(H,22,25)(H,23,26)/t13-/m1/s1. The summed E-state index contributed by atoms with van der Waals surface area (Å²) in [6.45, 7) is 4.11. The van der Waals surface area contributed by atoms with Crippen LogP contribution in [0.5, 0.6) is 11.5 Å². The minimum atomic E-state index is -0.554. The van der Waals surface area contributed by atoms with Gasteiger partial charge < -0.3 is 20.1 Å². The number of rotatable bonds is 7. The Morgan fingerprint density at radius 2 is 1.89 bits per heavy atom. The second kappa shape index (κ2) is 8.56. The van der Waals surface area contributed by atoms with Crippen LogP contribution in [0.2, 0.25) is 0 Å². The molecule has 7 nitrogen and oxygen atoms in total. The molecule has 2 aromatic rings. The SMILES string of the molecule is CCOc1ccc(C(=O)CCC(=O)Nc2ccc3c(c2)NC(=O)[C@@H](C)O3)cc1. The number of carbonyl (C=O) groups excluding carboxylic acids is 3. The molecule has 1 atom stereocenters. The molecule has 1 aliphatic heterocycles. The second-order valence-corrected chi connectivity index (χ2v) is 6.39. The molecule has 7 heteroatoms. The smallest absolute Gasteiger partial charge is 0.265 e. The van der Waals surface area contributed by atoms with E-state index in [0.717, 1.165) is 0 Å². The highest BCUT2D eigenvalue weighted by atomic mass is 16.5. The van der Waals surface area contributed by atoms with Crippen LogP contribution in [0.4, 0.5) is 11.4 Å². The predicted octanol–water partition coefficient (Wildman–Crippen LogP) is 3.41. The Morgan fingerprint density at radius 3 is 2.61 bits per heavy atom. The molecule has 3 rings (SSSR count). The normalized spacial score (nSPS) is 15.1. The molecule has 2 aromatic carbocycles. The molecular weight excluding hydrogens is 360 g/mol. The van der Waals surface area contributed by atoms with Crippen molar-refractivity contribution in [1.82, 2.24) is 0 Å². The first kappa shape index (κ1) is 19.4. The average molecular weight is 382 g/mol. The van der Waals surface area contributed by atoms with Crippen molar-refractivity contribution in [3.8, 4) is 11.5 Å². The Hall–Kier alpha value is -3.35. The number of fused-ring (bicyclic) bond motifs is 1. The largest absolute Gasteiger partial charge is 0.494 e. The van der Waals surface area contributed by atoms with Crippen LogP contribution in [0.25, 0.3) is 0 Å². The quantitative estimate of drug-likeness (QED) is 0.716. The monoisotopic (exact) mass is 382 g/mol. The number of benzene rings is 2. The molecule has 146 valence electrons. The van der Waals surface area contributed by atoms with Gasteiger partial charge in [0.05, 0.1) is 12.3 Å². The van der Waals surface area contributed by atoms with Crippen molar-refractivity contribution >= 4 is 29.0 Å². The molecule has 1 aliphatic rings. The first-order valence-electron chi connectivity index (χ1n) is 9.13. The minimum absolute atomic E-state index is 0.0586. The van der Waals surface area contributed by atoms with Gasteiger partial charge in [-0.15, -0.1) is 0 Å². The van der Waals surface area contributed by atoms with Crippen LogP contribution in [-0.4, -0.2) is 30.3 Å². The highest BCUT2D eigenvalue weighted by molar-refractivity contribution is 6.01. The molecule has 0 aromatic heterocycles. The number of nitrogens with one attached hydrogen (secondary N) is 2. The number of Topliss-reactive ketones (excluding diaryl/α,β-unsaturated/α-hetero) is 1. The summed E-state index contributed by atoms with van der Waals surface area (Å²) >= 11 is 0. The Bertz CT molecular complexity index is 892. The summed E-state index contributed by atoms with van der Waals surface area (Å²) in [5, 5.41) is 5.46. The van der Waals surface area contributed by atoms with E-state index in [4.69, 9.17) is 9.47 Å². The summed E-state index contributed by atoms with van der Waals surface area (Å²) in [6.07, 6.45) is -0.396. The second-order valence-electron chi connectivity index (χ2n) is 6.39. The molecule has 0 fully saturated rings. The third kappa shape index (κ3) is 4.68. The van der Waals surface area contributed by atoms with Gasteiger partial charge in [-0.25, -0.2) is 0 Å². The molecule has 2 N–H and O–H groups in total. The first-order chi connectivity index (χ1) is 13.5. The first-order valence-corrected chi connectivity index (χ1v) is 9.13. The van der Waals surface area contributed by atoms with E-state index in [1.807, 2.05) is 6.92 Å². The Kier molecular flexibility index (Phi) is 5.93. The van der Waals surface area contributed by atoms with Crippen LogP contribution in [0.1, 0.15) is 37.0 Å². The highest BCUT2D eigenvalue weighted by Crippen LogP contribution is 2.32. The molecule has 0 saturated heterocycles. The molecular formula is C21H22N2O5. The molecule has 0 radical (unpaired) electrons. The van der Waals surface area contributed by atoms with Gasteiger partial charge in [0, 0.05) is 24.1 Å². The Labute approximate surface area is 163 Å². The van der Waals surface area contributed by atoms with Crippen LogP contribution >= 0.6 is 0 Å². The van der Waals surface area contributed by atoms with Crippen molar-refractivity contribution in [3.63, 3.8) is 0 Å². The molecule has 0 saturated carbocycles. The van der Waals surface area contributed by atoms with E-state index in [2.05, 4.69) is 10.6 Å². The topological polar surface area (TPSA) is 93.7 Å². The van der Waals surface area contributed by atoms with Crippen LogP contribution in [0.3, 0.4) is 0 Å². The van der Waals surface area contributed by atoms with Crippen molar-refractivity contribution in [3.05, 3.63) is 48.0 Å². The van der Waals surface area contributed by atoms with Crippen LogP contribution in [0, 0.1) is 0 Å². The lowest BCUT2D eigenvalue weighted by Gasteiger charge is -2.23. The van der Waals surface area contributed by atoms with Crippen molar-refractivity contribution < 1.29 is 23.9 Å². The maximum absolute atomic E-state index is 12.2. The Morgan fingerprint density at radius 1 is 1.14 bits per heavy atom. The fourth-order valence-electron chi connectivity index (χ4n) is 2.79. The number of anilines is 2. The summed E-state index contributed by atoms with van der Waals surface area (Å²) in [7, 11) is 0. The van der Waals surface area contributed by atoms with Gasteiger partial charge in [0.15, 0.2) is 11.9 Å². The van der Waals surface area contributed by atoms with Crippen molar-refractivity contribution in [2.24, 2.45) is 0 Å². The zero-order chi connectivity index (χ0) is 20.1. The summed E-state index contributed by atoms with van der Waals surface area (Å²) in [4.78, 5) is 36.1. The lowest BCUT2D eigenvalue weighted by Crippen LogP contribution is -2.34. The third-order valence-corrected chi connectivity index (χ3v) is 4.26. The van der Waals surface area contributed by atoms with Gasteiger partial charge in [0.25, 0.3) is 5.91 Å². The zero-order valence-electron chi connectivity index (χ0n) is 15.8. The van der Waals surface area contributed by atoms with E-state index >= 15 is 0 Å². The molecule has 1 heterocycles. The molecule has 0 unspecified atom stereocenters. The fraction of sp³-hybridized carbons (Fsp3) is 0.286. The lowest BCUT2D eigenvalue weighted by atomic mass is 10.1. The summed E-state index contributed by atoms with van der Waals surface area (Å²) < 4.78 is 10.8. The van der Waals surface area contributed by atoms with E-state index in [-0.39, 0.29) is 30.4 Å². The average Bonchev–Trinajstić information content (AvgIpc) is 2.68. The number of ketones is 1. The van der Waals surface area contributed by atoms with Gasteiger partial charge in [-0.05, 0) is 56.3 Å². The molecule has 28 heavy (non-hydrogen) atoms. The van der Waals surface area contributed by atoms with Gasteiger partial charge in [0.2, 0.25) is 5.91 Å². The van der Waals surface area contributed by atoms with Crippen molar-refractivity contribution in [2.45, 2.75) is 32.8 Å². The van der Waals surface area contributed by atoms with E-state index in [0.29, 0.717) is 35.0 Å². The highest BCUT2D eigenvalue weighted by Gasteiger charge is 2.23. The van der Waals surface area contributed by atoms with Crippen LogP contribution in [0.15, 0.2) is 42.5 Å². The van der Waals surface area contributed by atoms with Gasteiger partial charge in [-0.3, -0.25) is 14.4 Å². The maximum atomic E-state index is 12.2. The van der Waals surface area contributed by atoms with Crippen LogP contribution < -0.4 is 20.1 Å². The number of ether oxygens (including phenoxy) is 2. The lowest BCUT2D eigenvalue weighted by molar-refractivity contribution is -0.122. The maximum Gasteiger partial charge on any atom is 0.265 e. The summed E-state index contributed by atoms with van der Waals surface area (Å²) in [5.41, 5.74) is 1.57. The minimum Gasteiger partial charge on any atom is -0.494 e. The van der Waals surface area contributed by atoms with Gasteiger partial charge in [-0.1, -0.05) is 0 Å². The van der Waals surface area contributed by atoms with E-state index < -0.39 is 6.10 Å². The van der Waals surface area contributed by atoms with Gasteiger partial charge in [-0.2, -0.15) is 0 Å². The fourth-order valence-corrected chi connectivity index (χ4v) is 2.79. The van der Waals surface area contributed by atoms with E-state index in [1.165, 1.54) is 0 Å². The predicted molar refractivity (Wildman–Crippen MR) is 105 cm³/mol. The number of hydrogen-bond donors (Lipinski definition) is 2. The number of carbonyl (C=O) groups is 3. The van der Waals surface area contributed by atoms with Crippen LogP contribution in [-0.2, 0) is 9.59 Å². The van der Waals surface area contributed by atoms with Gasteiger partial charge >= 0.3 is 0 Å².